The van der Waals surface area contributed by atoms with E-state index < -0.39 is 0 Å². The van der Waals surface area contributed by atoms with Gasteiger partial charge in [0.05, 0.1) is 0 Å². The van der Waals surface area contributed by atoms with Crippen molar-refractivity contribution in [2.24, 2.45) is 5.92 Å². The van der Waals surface area contributed by atoms with Gasteiger partial charge in [-0.15, -0.1) is 0 Å². The van der Waals surface area contributed by atoms with Crippen LogP contribution in [0, 0.1) is 5.92 Å². The smallest absolute Gasteiger partial charge is 0.225 e. The van der Waals surface area contributed by atoms with Gasteiger partial charge in [0.2, 0.25) is 5.91 Å². The maximum Gasteiger partial charge on any atom is 0.225 e. The van der Waals surface area contributed by atoms with Gasteiger partial charge in [0, 0.05) is 24.5 Å². The minimum atomic E-state index is 0.157. The molecule has 74 valence electrons. The van der Waals surface area contributed by atoms with Gasteiger partial charge in [0.15, 0.2) is 0 Å². The predicted octanol–water partition coefficient (Wildman–Crippen LogP) is 0.607. The van der Waals surface area contributed by atoms with Gasteiger partial charge in [-0.25, -0.2) is 0 Å². The fourth-order valence-corrected chi connectivity index (χ4v) is 1.94. The first-order valence-corrected chi connectivity index (χ1v) is 5.12. The van der Waals surface area contributed by atoms with E-state index in [4.69, 9.17) is 0 Å². The molecule has 0 aromatic heterocycles. The summed E-state index contributed by atoms with van der Waals surface area (Å²) in [4.78, 5) is 13.7. The highest BCUT2D eigenvalue weighted by Gasteiger charge is 2.40. The Labute approximate surface area is 79.5 Å². The lowest BCUT2D eigenvalue weighted by molar-refractivity contribution is -0.131. The van der Waals surface area contributed by atoms with Gasteiger partial charge in [-0.1, -0.05) is 0 Å². The molecule has 1 saturated carbocycles. The van der Waals surface area contributed by atoms with E-state index in [1.165, 1.54) is 0 Å². The van der Waals surface area contributed by atoms with Gasteiger partial charge in [0.25, 0.3) is 0 Å². The van der Waals surface area contributed by atoms with E-state index in [1.54, 1.807) is 0 Å². The zero-order valence-electron chi connectivity index (χ0n) is 8.47. The van der Waals surface area contributed by atoms with Gasteiger partial charge in [-0.3, -0.25) is 4.79 Å². The van der Waals surface area contributed by atoms with E-state index in [0.717, 1.165) is 32.4 Å². The molecule has 2 rings (SSSR count). The normalized spacial score (nSPS) is 33.8. The molecule has 0 bridgehead atoms. The topological polar surface area (TPSA) is 32.3 Å². The SMILES string of the molecule is CN[C@@]1(C)CCN(C(=O)C2CC2)C1. The highest BCUT2D eigenvalue weighted by molar-refractivity contribution is 5.81. The van der Waals surface area contributed by atoms with Crippen LogP contribution in [0.15, 0.2) is 0 Å². The van der Waals surface area contributed by atoms with Crippen molar-refractivity contribution in [2.45, 2.75) is 31.7 Å². The molecule has 13 heavy (non-hydrogen) atoms. The van der Waals surface area contributed by atoms with Gasteiger partial charge < -0.3 is 10.2 Å². The van der Waals surface area contributed by atoms with Crippen LogP contribution in [0.25, 0.3) is 0 Å². The van der Waals surface area contributed by atoms with E-state index in [9.17, 15) is 4.79 Å². The Morgan fingerprint density at radius 2 is 2.23 bits per heavy atom. The number of hydrogen-bond acceptors (Lipinski definition) is 2. The van der Waals surface area contributed by atoms with E-state index in [0.29, 0.717) is 11.8 Å². The van der Waals surface area contributed by atoms with Gasteiger partial charge >= 0.3 is 0 Å². The lowest BCUT2D eigenvalue weighted by Gasteiger charge is -2.23. The van der Waals surface area contributed by atoms with Crippen LogP contribution in [0.5, 0.6) is 0 Å². The molecule has 3 heteroatoms. The van der Waals surface area contributed by atoms with Crippen molar-refractivity contribution in [3.05, 3.63) is 0 Å². The number of carbonyl (C=O) groups is 1. The Bertz CT molecular complexity index is 225. The summed E-state index contributed by atoms with van der Waals surface area (Å²) in [5, 5.41) is 3.29. The molecule has 1 aliphatic heterocycles. The molecule has 1 saturated heterocycles. The molecular formula is C10H18N2O. The van der Waals surface area contributed by atoms with Crippen LogP contribution in [0.3, 0.4) is 0 Å². The molecular weight excluding hydrogens is 164 g/mol. The predicted molar refractivity (Wildman–Crippen MR) is 51.4 cm³/mol. The first-order valence-electron chi connectivity index (χ1n) is 5.12. The van der Waals surface area contributed by atoms with Crippen LogP contribution in [-0.4, -0.2) is 36.5 Å². The Kier molecular flexibility index (Phi) is 2.06. The number of amides is 1. The van der Waals surface area contributed by atoms with Gasteiger partial charge in [-0.2, -0.15) is 0 Å². The lowest BCUT2D eigenvalue weighted by Crippen LogP contribution is -2.43. The summed E-state index contributed by atoms with van der Waals surface area (Å²) in [6, 6.07) is 0. The van der Waals surface area contributed by atoms with E-state index >= 15 is 0 Å². The highest BCUT2D eigenvalue weighted by atomic mass is 16.2. The molecule has 0 unspecified atom stereocenters. The quantitative estimate of drug-likeness (QED) is 0.678. The van der Waals surface area contributed by atoms with Crippen LogP contribution in [-0.2, 0) is 4.79 Å². The van der Waals surface area contributed by atoms with Crippen molar-refractivity contribution in [1.29, 1.82) is 0 Å². The molecule has 1 heterocycles. The summed E-state index contributed by atoms with van der Waals surface area (Å²) in [7, 11) is 1.98. The van der Waals surface area contributed by atoms with Crippen molar-refractivity contribution >= 4 is 5.91 Å². The lowest BCUT2D eigenvalue weighted by atomic mass is 10.0. The average Bonchev–Trinajstić information content (AvgIpc) is 2.89. The van der Waals surface area contributed by atoms with Crippen molar-refractivity contribution in [1.82, 2.24) is 10.2 Å². The van der Waals surface area contributed by atoms with Crippen molar-refractivity contribution < 1.29 is 4.79 Å². The van der Waals surface area contributed by atoms with Gasteiger partial charge in [0.1, 0.15) is 0 Å². The molecule has 1 aliphatic carbocycles. The molecule has 2 fully saturated rings. The summed E-state index contributed by atoms with van der Waals surface area (Å²) >= 11 is 0. The third kappa shape index (κ3) is 1.70. The zero-order chi connectivity index (χ0) is 9.47. The second-order valence-corrected chi connectivity index (χ2v) is 4.59. The number of carbonyl (C=O) groups excluding carboxylic acids is 1. The van der Waals surface area contributed by atoms with E-state index in [2.05, 4.69) is 12.2 Å². The summed E-state index contributed by atoms with van der Waals surface area (Å²) in [6.07, 6.45) is 3.32. The van der Waals surface area contributed by atoms with Crippen LogP contribution in [0.1, 0.15) is 26.2 Å². The largest absolute Gasteiger partial charge is 0.341 e. The third-order valence-electron chi connectivity index (χ3n) is 3.32. The Morgan fingerprint density at radius 3 is 2.69 bits per heavy atom. The first kappa shape index (κ1) is 9.00. The third-order valence-corrected chi connectivity index (χ3v) is 3.32. The molecule has 1 atom stereocenters. The molecule has 1 N–H and O–H groups in total. The number of likely N-dealkylation sites (tertiary alicyclic amines) is 1. The molecule has 3 nitrogen and oxygen atoms in total. The maximum atomic E-state index is 11.7. The second kappa shape index (κ2) is 2.98. The molecule has 0 radical (unpaired) electrons. The van der Waals surface area contributed by atoms with Crippen molar-refractivity contribution in [3.8, 4) is 0 Å². The zero-order valence-corrected chi connectivity index (χ0v) is 8.47. The summed E-state index contributed by atoms with van der Waals surface area (Å²) in [5.74, 6) is 0.762. The van der Waals surface area contributed by atoms with Crippen LogP contribution in [0.2, 0.25) is 0 Å². The number of hydrogen-bond donors (Lipinski definition) is 1. The minimum Gasteiger partial charge on any atom is -0.341 e. The minimum absolute atomic E-state index is 0.157. The molecule has 0 aromatic carbocycles. The number of likely N-dealkylation sites (N-methyl/N-ethyl adjacent to an activating group) is 1. The summed E-state index contributed by atoms with van der Waals surface area (Å²) in [5.41, 5.74) is 0.157. The fourth-order valence-electron chi connectivity index (χ4n) is 1.94. The molecule has 2 aliphatic rings. The van der Waals surface area contributed by atoms with Crippen molar-refractivity contribution in [2.75, 3.05) is 20.1 Å². The molecule has 0 spiro atoms. The fraction of sp³-hybridized carbons (Fsp3) is 0.900. The average molecular weight is 182 g/mol. The second-order valence-electron chi connectivity index (χ2n) is 4.59. The molecule has 1 amide bonds. The van der Waals surface area contributed by atoms with Gasteiger partial charge in [-0.05, 0) is 33.2 Å². The van der Waals surface area contributed by atoms with Crippen LogP contribution in [0.4, 0.5) is 0 Å². The summed E-state index contributed by atoms with van der Waals surface area (Å²) < 4.78 is 0. The first-order chi connectivity index (χ1) is 6.14. The Morgan fingerprint density at radius 1 is 1.54 bits per heavy atom. The van der Waals surface area contributed by atoms with E-state index in [-0.39, 0.29) is 5.54 Å². The van der Waals surface area contributed by atoms with E-state index in [1.807, 2.05) is 11.9 Å². The Hall–Kier alpha value is -0.570. The number of rotatable bonds is 2. The molecule has 0 aromatic rings. The number of nitrogens with zero attached hydrogens (tertiary/aromatic N) is 1. The number of nitrogens with one attached hydrogen (secondary N) is 1. The Balaban J connectivity index is 1.93. The standard InChI is InChI=1S/C10H18N2O/c1-10(11-2)5-6-12(7-10)9(13)8-3-4-8/h8,11H,3-7H2,1-2H3/t10-/m0/s1. The van der Waals surface area contributed by atoms with Crippen LogP contribution < -0.4 is 5.32 Å². The maximum absolute atomic E-state index is 11.7. The van der Waals surface area contributed by atoms with Crippen molar-refractivity contribution in [3.63, 3.8) is 0 Å². The van der Waals surface area contributed by atoms with Crippen LogP contribution >= 0.6 is 0 Å². The highest BCUT2D eigenvalue weighted by Crippen LogP contribution is 2.33. The summed E-state index contributed by atoms with van der Waals surface area (Å²) in [6.45, 7) is 4.01. The monoisotopic (exact) mass is 182 g/mol.